The summed E-state index contributed by atoms with van der Waals surface area (Å²) in [5.41, 5.74) is 0.922. The zero-order valence-electron chi connectivity index (χ0n) is 12.0. The van der Waals surface area contributed by atoms with Crippen LogP contribution in [0.25, 0.3) is 0 Å². The van der Waals surface area contributed by atoms with Gasteiger partial charge in [0.1, 0.15) is 0 Å². The first kappa shape index (κ1) is 14.0. The Morgan fingerprint density at radius 1 is 1.53 bits per heavy atom. The minimum absolute atomic E-state index is 0.0514. The molecule has 1 atom stereocenters. The maximum atomic E-state index is 12.2. The molecule has 2 rings (SSSR count). The number of carbonyl (C=O) groups is 1. The summed E-state index contributed by atoms with van der Waals surface area (Å²) in [5.74, 6) is 0.647. The molecule has 1 N–H and O–H groups in total. The van der Waals surface area contributed by atoms with Gasteiger partial charge < -0.3 is 5.32 Å². The van der Waals surface area contributed by atoms with E-state index in [2.05, 4.69) is 34.4 Å². The van der Waals surface area contributed by atoms with Crippen molar-refractivity contribution in [2.45, 2.75) is 39.3 Å². The average molecular weight is 265 g/mol. The number of amides is 1. The molecule has 0 saturated carbocycles. The molecular weight excluding hydrogens is 242 g/mol. The van der Waals surface area contributed by atoms with Crippen LogP contribution in [-0.4, -0.2) is 44.9 Å². The lowest BCUT2D eigenvalue weighted by molar-refractivity contribution is -0.126. The normalized spacial score (nSPS) is 21.5. The zero-order chi connectivity index (χ0) is 13.8. The third kappa shape index (κ3) is 3.76. The smallest absolute Gasteiger partial charge is 0.237 e. The second-order valence-electron chi connectivity index (χ2n) is 5.64. The van der Waals surface area contributed by atoms with Crippen molar-refractivity contribution in [3.05, 3.63) is 11.9 Å². The Kier molecular flexibility index (Phi) is 4.52. The predicted octanol–water partition coefficient (Wildman–Crippen LogP) is 0.552. The molecule has 0 aromatic carbocycles. The summed E-state index contributed by atoms with van der Waals surface area (Å²) in [7, 11) is 1.86. The molecule has 6 nitrogen and oxygen atoms in total. The van der Waals surface area contributed by atoms with E-state index >= 15 is 0 Å². The van der Waals surface area contributed by atoms with Crippen LogP contribution in [-0.2, 0) is 18.4 Å². The molecule has 1 aromatic heterocycles. The Bertz CT molecular complexity index is 428. The van der Waals surface area contributed by atoms with Gasteiger partial charge in [-0.2, -0.15) is 0 Å². The Labute approximate surface area is 114 Å². The van der Waals surface area contributed by atoms with Crippen molar-refractivity contribution in [1.82, 2.24) is 25.2 Å². The van der Waals surface area contributed by atoms with Crippen LogP contribution < -0.4 is 5.32 Å². The summed E-state index contributed by atoms with van der Waals surface area (Å²) >= 11 is 0. The highest BCUT2D eigenvalue weighted by Gasteiger charge is 2.29. The molecule has 0 aliphatic carbocycles. The average Bonchev–Trinajstić information content (AvgIpc) is 2.67. The van der Waals surface area contributed by atoms with Crippen LogP contribution in [0.5, 0.6) is 0 Å². The molecule has 1 amide bonds. The number of hydrogen-bond donors (Lipinski definition) is 1. The largest absolute Gasteiger partial charge is 0.355 e. The van der Waals surface area contributed by atoms with Crippen molar-refractivity contribution in [3.63, 3.8) is 0 Å². The third-order valence-electron chi connectivity index (χ3n) is 3.37. The van der Waals surface area contributed by atoms with E-state index in [-0.39, 0.29) is 11.9 Å². The molecule has 1 aromatic rings. The van der Waals surface area contributed by atoms with E-state index in [1.807, 2.05) is 13.2 Å². The van der Waals surface area contributed by atoms with E-state index in [9.17, 15) is 4.79 Å². The Balaban J connectivity index is 2.10. The first-order chi connectivity index (χ1) is 9.06. The highest BCUT2D eigenvalue weighted by Crippen LogP contribution is 2.16. The summed E-state index contributed by atoms with van der Waals surface area (Å²) < 4.78 is 1.70. The van der Waals surface area contributed by atoms with E-state index in [4.69, 9.17) is 0 Å². The Morgan fingerprint density at radius 2 is 2.32 bits per heavy atom. The predicted molar refractivity (Wildman–Crippen MR) is 72.3 cm³/mol. The molecule has 0 radical (unpaired) electrons. The van der Waals surface area contributed by atoms with E-state index in [0.717, 1.165) is 31.6 Å². The van der Waals surface area contributed by atoms with E-state index in [0.29, 0.717) is 12.5 Å². The number of rotatable bonds is 4. The quantitative estimate of drug-likeness (QED) is 0.863. The standard InChI is InChI=1S/C13H23N5O/c1-10(2)7-12-13(19)14-5-4-6-18(12)9-11-8-17(3)16-15-11/h8,10,12H,4-7,9H2,1-3H3,(H,14,19). The summed E-state index contributed by atoms with van der Waals surface area (Å²) in [5, 5.41) is 11.1. The van der Waals surface area contributed by atoms with Crippen LogP contribution in [0.1, 0.15) is 32.4 Å². The summed E-state index contributed by atoms with van der Waals surface area (Å²) in [6.45, 7) is 6.69. The lowest BCUT2D eigenvalue weighted by Gasteiger charge is -2.28. The van der Waals surface area contributed by atoms with Crippen LogP contribution >= 0.6 is 0 Å². The SMILES string of the molecule is CC(C)CC1C(=O)NCCCN1Cc1cn(C)nn1. The molecule has 1 aliphatic heterocycles. The summed E-state index contributed by atoms with van der Waals surface area (Å²) in [6, 6.07) is -0.0514. The van der Waals surface area contributed by atoms with Gasteiger partial charge in [0.05, 0.1) is 11.7 Å². The minimum atomic E-state index is -0.0514. The fourth-order valence-electron chi connectivity index (χ4n) is 2.50. The van der Waals surface area contributed by atoms with E-state index < -0.39 is 0 Å². The minimum Gasteiger partial charge on any atom is -0.355 e. The van der Waals surface area contributed by atoms with Crippen molar-refractivity contribution >= 4 is 5.91 Å². The molecule has 1 saturated heterocycles. The number of aryl methyl sites for hydroxylation is 1. The van der Waals surface area contributed by atoms with Crippen molar-refractivity contribution in [2.75, 3.05) is 13.1 Å². The molecule has 6 heteroatoms. The fraction of sp³-hybridized carbons (Fsp3) is 0.769. The van der Waals surface area contributed by atoms with Crippen LogP contribution in [0.4, 0.5) is 0 Å². The van der Waals surface area contributed by atoms with Crippen LogP contribution in [0.2, 0.25) is 0 Å². The Morgan fingerprint density at radius 3 is 2.95 bits per heavy atom. The zero-order valence-corrected chi connectivity index (χ0v) is 12.0. The van der Waals surface area contributed by atoms with Gasteiger partial charge in [-0.15, -0.1) is 5.10 Å². The van der Waals surface area contributed by atoms with Crippen LogP contribution in [0.15, 0.2) is 6.20 Å². The molecule has 1 fully saturated rings. The third-order valence-corrected chi connectivity index (χ3v) is 3.37. The van der Waals surface area contributed by atoms with Gasteiger partial charge in [-0.3, -0.25) is 14.4 Å². The highest BCUT2D eigenvalue weighted by molar-refractivity contribution is 5.81. The fourth-order valence-corrected chi connectivity index (χ4v) is 2.50. The number of nitrogens with zero attached hydrogens (tertiary/aromatic N) is 4. The van der Waals surface area contributed by atoms with Gasteiger partial charge in [-0.1, -0.05) is 19.1 Å². The van der Waals surface area contributed by atoms with Gasteiger partial charge in [0.25, 0.3) is 0 Å². The van der Waals surface area contributed by atoms with Crippen molar-refractivity contribution in [2.24, 2.45) is 13.0 Å². The maximum Gasteiger partial charge on any atom is 0.237 e. The molecular formula is C13H23N5O. The van der Waals surface area contributed by atoms with Crippen LogP contribution in [0.3, 0.4) is 0 Å². The number of aromatic nitrogens is 3. The maximum absolute atomic E-state index is 12.2. The molecule has 0 bridgehead atoms. The monoisotopic (exact) mass is 265 g/mol. The highest BCUT2D eigenvalue weighted by atomic mass is 16.2. The van der Waals surface area contributed by atoms with Gasteiger partial charge in [-0.05, 0) is 18.8 Å². The molecule has 1 unspecified atom stereocenters. The van der Waals surface area contributed by atoms with Gasteiger partial charge in [-0.25, -0.2) is 0 Å². The number of hydrogen-bond acceptors (Lipinski definition) is 4. The number of nitrogens with one attached hydrogen (secondary N) is 1. The van der Waals surface area contributed by atoms with Crippen molar-refractivity contribution in [3.8, 4) is 0 Å². The molecule has 2 heterocycles. The van der Waals surface area contributed by atoms with Crippen molar-refractivity contribution < 1.29 is 4.79 Å². The summed E-state index contributed by atoms with van der Waals surface area (Å²) in [4.78, 5) is 14.4. The molecule has 1 aliphatic rings. The molecule has 0 spiro atoms. The lowest BCUT2D eigenvalue weighted by atomic mass is 10.0. The first-order valence-electron chi connectivity index (χ1n) is 6.93. The summed E-state index contributed by atoms with van der Waals surface area (Å²) in [6.07, 6.45) is 3.78. The first-order valence-corrected chi connectivity index (χ1v) is 6.93. The van der Waals surface area contributed by atoms with E-state index in [1.54, 1.807) is 4.68 Å². The van der Waals surface area contributed by atoms with Gasteiger partial charge >= 0.3 is 0 Å². The van der Waals surface area contributed by atoms with Gasteiger partial charge in [0.2, 0.25) is 5.91 Å². The van der Waals surface area contributed by atoms with Crippen molar-refractivity contribution in [1.29, 1.82) is 0 Å². The van der Waals surface area contributed by atoms with Gasteiger partial charge in [0, 0.05) is 32.9 Å². The lowest BCUT2D eigenvalue weighted by Crippen LogP contribution is -2.44. The molecule has 106 valence electrons. The Hall–Kier alpha value is -1.43. The van der Waals surface area contributed by atoms with Crippen LogP contribution in [0, 0.1) is 5.92 Å². The molecule has 19 heavy (non-hydrogen) atoms. The van der Waals surface area contributed by atoms with Gasteiger partial charge in [0.15, 0.2) is 0 Å². The topological polar surface area (TPSA) is 63.1 Å². The number of carbonyl (C=O) groups excluding carboxylic acids is 1. The van der Waals surface area contributed by atoms with E-state index in [1.165, 1.54) is 0 Å². The second-order valence-corrected chi connectivity index (χ2v) is 5.64. The second kappa shape index (κ2) is 6.14.